The number of anilines is 2. The van der Waals surface area contributed by atoms with Crippen molar-refractivity contribution in [1.82, 2.24) is 4.98 Å². The Morgan fingerprint density at radius 1 is 1.44 bits per heavy atom. The van der Waals surface area contributed by atoms with Crippen LogP contribution in [0.4, 0.5) is 11.7 Å². The Morgan fingerprint density at radius 2 is 2.22 bits per heavy atom. The van der Waals surface area contributed by atoms with E-state index in [4.69, 9.17) is 10.2 Å². The number of nitrogens with two attached hydrogens (primary N) is 1. The summed E-state index contributed by atoms with van der Waals surface area (Å²) in [6.07, 6.45) is 1.37. The molecule has 1 aromatic heterocycles. The predicted octanol–water partition coefficient (Wildman–Crippen LogP) is 1.51. The molecular formula is C11H13N3O3S. The van der Waals surface area contributed by atoms with Gasteiger partial charge in [-0.15, -0.1) is 0 Å². The average molecular weight is 267 g/mol. The van der Waals surface area contributed by atoms with Gasteiger partial charge in [-0.1, -0.05) is 12.1 Å². The number of hydrogen-bond donors (Lipinski definition) is 2. The number of aryl methyl sites for hydroxylation is 1. The lowest BCUT2D eigenvalue weighted by Gasteiger charge is -2.05. The fourth-order valence-electron chi connectivity index (χ4n) is 1.47. The summed E-state index contributed by atoms with van der Waals surface area (Å²) in [5.74, 6) is -0.181. The van der Waals surface area contributed by atoms with E-state index in [1.165, 1.54) is 6.26 Å². The molecule has 0 aliphatic heterocycles. The maximum atomic E-state index is 11.8. The van der Waals surface area contributed by atoms with Crippen molar-refractivity contribution in [1.29, 1.82) is 0 Å². The molecule has 0 radical (unpaired) electrons. The molecule has 0 amide bonds. The van der Waals surface area contributed by atoms with Gasteiger partial charge in [-0.05, 0) is 24.6 Å². The Balaban J connectivity index is 2.12. The number of oxazole rings is 1. The summed E-state index contributed by atoms with van der Waals surface area (Å²) in [4.78, 5) is 3.87. The smallest absolute Gasteiger partial charge is 0.308 e. The third-order valence-corrected chi connectivity index (χ3v) is 3.37. The van der Waals surface area contributed by atoms with E-state index >= 15 is 0 Å². The van der Waals surface area contributed by atoms with Crippen LogP contribution in [0.15, 0.2) is 34.9 Å². The first-order valence-electron chi connectivity index (χ1n) is 5.22. The van der Waals surface area contributed by atoms with Crippen LogP contribution in [-0.4, -0.2) is 13.4 Å². The highest BCUT2D eigenvalue weighted by atomic mass is 32.2. The van der Waals surface area contributed by atoms with E-state index in [0.29, 0.717) is 16.9 Å². The minimum absolute atomic E-state index is 0.0311. The molecular weight excluding hydrogens is 254 g/mol. The zero-order valence-electron chi connectivity index (χ0n) is 9.75. The normalized spacial score (nSPS) is 11.4. The lowest BCUT2D eigenvalue weighted by molar-refractivity contribution is 0.569. The second kappa shape index (κ2) is 4.69. The van der Waals surface area contributed by atoms with Crippen molar-refractivity contribution in [3.05, 3.63) is 41.8 Å². The largest absolute Gasteiger partial charge is 0.431 e. The van der Waals surface area contributed by atoms with Crippen LogP contribution in [0.3, 0.4) is 0 Å². The molecule has 0 saturated carbocycles. The van der Waals surface area contributed by atoms with Gasteiger partial charge in [0.2, 0.25) is 10.0 Å². The number of aromatic nitrogens is 1. The standard InChI is InChI=1S/C11H13N3O3S/c1-8-6-17-11(13-8)14-18(15,16)7-9-3-2-4-10(12)5-9/h2-6H,7,12H2,1H3,(H,13,14). The van der Waals surface area contributed by atoms with E-state index in [0.717, 1.165) is 0 Å². The fourth-order valence-corrected chi connectivity index (χ4v) is 2.52. The fraction of sp³-hybridized carbons (Fsp3) is 0.182. The van der Waals surface area contributed by atoms with Crippen molar-refractivity contribution >= 4 is 21.7 Å². The molecule has 7 heteroatoms. The van der Waals surface area contributed by atoms with Crippen LogP contribution in [0, 0.1) is 6.92 Å². The first-order chi connectivity index (χ1) is 8.44. The number of nitrogens with zero attached hydrogens (tertiary/aromatic N) is 1. The molecule has 0 saturated heterocycles. The Bertz CT molecular complexity index is 649. The third kappa shape index (κ3) is 3.24. The summed E-state index contributed by atoms with van der Waals surface area (Å²) < 4.78 is 30.9. The Hall–Kier alpha value is -2.02. The molecule has 0 aliphatic rings. The molecule has 96 valence electrons. The van der Waals surface area contributed by atoms with E-state index in [1.54, 1.807) is 31.2 Å². The highest BCUT2D eigenvalue weighted by molar-refractivity contribution is 7.91. The number of benzene rings is 1. The van der Waals surface area contributed by atoms with Gasteiger partial charge in [-0.25, -0.2) is 13.1 Å². The van der Waals surface area contributed by atoms with Gasteiger partial charge in [0.25, 0.3) is 0 Å². The molecule has 3 N–H and O–H groups in total. The summed E-state index contributed by atoms with van der Waals surface area (Å²) in [6.45, 7) is 1.71. The van der Waals surface area contributed by atoms with Gasteiger partial charge >= 0.3 is 6.01 Å². The molecule has 0 spiro atoms. The number of hydrogen-bond acceptors (Lipinski definition) is 5. The van der Waals surface area contributed by atoms with E-state index < -0.39 is 10.0 Å². The topological polar surface area (TPSA) is 98.2 Å². The molecule has 6 nitrogen and oxygen atoms in total. The molecule has 0 fully saturated rings. The Morgan fingerprint density at radius 3 is 2.83 bits per heavy atom. The number of nitrogen functional groups attached to an aromatic ring is 1. The summed E-state index contributed by atoms with van der Waals surface area (Å²) in [5, 5.41) is 0. The molecule has 0 unspecified atom stereocenters. The van der Waals surface area contributed by atoms with Crippen LogP contribution in [-0.2, 0) is 15.8 Å². The van der Waals surface area contributed by atoms with Gasteiger partial charge in [-0.2, -0.15) is 4.98 Å². The second-order valence-electron chi connectivity index (χ2n) is 3.90. The minimum atomic E-state index is -3.55. The van der Waals surface area contributed by atoms with Crippen LogP contribution < -0.4 is 10.5 Å². The van der Waals surface area contributed by atoms with E-state index in [1.807, 2.05) is 0 Å². The summed E-state index contributed by atoms with van der Waals surface area (Å²) in [7, 11) is -3.55. The maximum absolute atomic E-state index is 11.8. The summed E-state index contributed by atoms with van der Waals surface area (Å²) >= 11 is 0. The van der Waals surface area contributed by atoms with Gasteiger partial charge in [-0.3, -0.25) is 0 Å². The van der Waals surface area contributed by atoms with Crippen molar-refractivity contribution in [3.63, 3.8) is 0 Å². The quantitative estimate of drug-likeness (QED) is 0.818. The van der Waals surface area contributed by atoms with Gasteiger partial charge in [0.05, 0.1) is 11.4 Å². The van der Waals surface area contributed by atoms with E-state index in [9.17, 15) is 8.42 Å². The second-order valence-corrected chi connectivity index (χ2v) is 5.62. The maximum Gasteiger partial charge on any atom is 0.308 e. The zero-order chi connectivity index (χ0) is 13.2. The SMILES string of the molecule is Cc1coc(NS(=O)(=O)Cc2cccc(N)c2)n1. The van der Waals surface area contributed by atoms with Crippen LogP contribution in [0.1, 0.15) is 11.3 Å². The van der Waals surface area contributed by atoms with Crippen molar-refractivity contribution in [2.75, 3.05) is 10.5 Å². The Kier molecular flexibility index (Phi) is 3.24. The monoisotopic (exact) mass is 267 g/mol. The van der Waals surface area contributed by atoms with Crippen molar-refractivity contribution in [2.24, 2.45) is 0 Å². The van der Waals surface area contributed by atoms with Crippen molar-refractivity contribution < 1.29 is 12.8 Å². The van der Waals surface area contributed by atoms with E-state index in [2.05, 4.69) is 9.71 Å². The zero-order valence-corrected chi connectivity index (χ0v) is 10.6. The number of rotatable bonds is 4. The summed E-state index contributed by atoms with van der Waals surface area (Å²) in [5.41, 5.74) is 7.32. The lowest BCUT2D eigenvalue weighted by Crippen LogP contribution is -2.15. The van der Waals surface area contributed by atoms with Crippen LogP contribution in [0.25, 0.3) is 0 Å². The lowest BCUT2D eigenvalue weighted by atomic mass is 10.2. The van der Waals surface area contributed by atoms with Crippen LogP contribution in [0.2, 0.25) is 0 Å². The van der Waals surface area contributed by atoms with Crippen molar-refractivity contribution in [2.45, 2.75) is 12.7 Å². The first kappa shape index (κ1) is 12.4. The predicted molar refractivity (Wildman–Crippen MR) is 68.3 cm³/mol. The molecule has 2 aromatic rings. The third-order valence-electron chi connectivity index (χ3n) is 2.17. The first-order valence-corrected chi connectivity index (χ1v) is 6.87. The van der Waals surface area contributed by atoms with Gasteiger partial charge in [0.15, 0.2) is 0 Å². The van der Waals surface area contributed by atoms with E-state index in [-0.39, 0.29) is 11.8 Å². The molecule has 1 aromatic carbocycles. The summed E-state index contributed by atoms with van der Waals surface area (Å²) in [6, 6.07) is 6.67. The van der Waals surface area contributed by atoms with Crippen molar-refractivity contribution in [3.8, 4) is 0 Å². The number of sulfonamides is 1. The minimum Gasteiger partial charge on any atom is -0.431 e. The molecule has 0 atom stereocenters. The highest BCUT2D eigenvalue weighted by Gasteiger charge is 2.14. The average Bonchev–Trinajstić information content (AvgIpc) is 2.62. The van der Waals surface area contributed by atoms with Gasteiger partial charge in [0, 0.05) is 5.69 Å². The van der Waals surface area contributed by atoms with Crippen LogP contribution in [0.5, 0.6) is 0 Å². The molecule has 0 bridgehead atoms. The molecule has 18 heavy (non-hydrogen) atoms. The molecule has 1 heterocycles. The van der Waals surface area contributed by atoms with Gasteiger partial charge in [0.1, 0.15) is 6.26 Å². The van der Waals surface area contributed by atoms with Gasteiger partial charge < -0.3 is 10.2 Å². The molecule has 0 aliphatic carbocycles. The number of nitrogens with one attached hydrogen (secondary N) is 1. The highest BCUT2D eigenvalue weighted by Crippen LogP contribution is 2.14. The van der Waals surface area contributed by atoms with Crippen LogP contribution >= 0.6 is 0 Å². The molecule has 2 rings (SSSR count). The Labute approximate surface area is 105 Å².